The van der Waals surface area contributed by atoms with Crippen molar-refractivity contribution in [1.29, 1.82) is 0 Å². The van der Waals surface area contributed by atoms with Crippen LogP contribution in [0.4, 0.5) is 23.1 Å². The molecule has 2 aromatic heterocycles. The van der Waals surface area contributed by atoms with Crippen molar-refractivity contribution in [3.63, 3.8) is 0 Å². The maximum absolute atomic E-state index is 6.25. The molecule has 130 valence electrons. The molecule has 3 N–H and O–H groups in total. The average Bonchev–Trinajstić information content (AvgIpc) is 3.13. The highest BCUT2D eigenvalue weighted by Crippen LogP contribution is 2.30. The predicted octanol–water partition coefficient (Wildman–Crippen LogP) is 4.50. The second-order valence-corrected chi connectivity index (χ2v) is 5.87. The van der Waals surface area contributed by atoms with Crippen molar-refractivity contribution in [3.05, 3.63) is 59.8 Å². The quantitative estimate of drug-likeness (QED) is 0.482. The minimum atomic E-state index is 0.404. The summed E-state index contributed by atoms with van der Waals surface area (Å²) < 4.78 is 5.36. The predicted molar refractivity (Wildman–Crippen MR) is 103 cm³/mol. The van der Waals surface area contributed by atoms with Crippen LogP contribution in [0.1, 0.15) is 0 Å². The van der Waals surface area contributed by atoms with E-state index in [0.29, 0.717) is 28.2 Å². The molecule has 0 atom stereocenters. The Morgan fingerprint density at radius 1 is 0.962 bits per heavy atom. The molecule has 7 nitrogen and oxygen atoms in total. The SMILES string of the molecule is COc1ccccc1Nc1nc(Nc2ccccc2Cl)c2cn[nH]c2n1. The summed E-state index contributed by atoms with van der Waals surface area (Å²) >= 11 is 6.25. The van der Waals surface area contributed by atoms with Crippen LogP contribution < -0.4 is 15.4 Å². The summed E-state index contributed by atoms with van der Waals surface area (Å²) in [6.07, 6.45) is 1.67. The van der Waals surface area contributed by atoms with Crippen LogP contribution in [0.15, 0.2) is 54.7 Å². The lowest BCUT2D eigenvalue weighted by Gasteiger charge is -2.12. The van der Waals surface area contributed by atoms with Gasteiger partial charge in [-0.2, -0.15) is 15.1 Å². The summed E-state index contributed by atoms with van der Waals surface area (Å²) in [6.45, 7) is 0. The number of H-pyrrole nitrogens is 1. The van der Waals surface area contributed by atoms with Crippen LogP contribution in [0.25, 0.3) is 11.0 Å². The number of fused-ring (bicyclic) bond motifs is 1. The van der Waals surface area contributed by atoms with Gasteiger partial charge in [-0.1, -0.05) is 35.9 Å². The lowest BCUT2D eigenvalue weighted by molar-refractivity contribution is 0.417. The van der Waals surface area contributed by atoms with E-state index in [2.05, 4.69) is 30.8 Å². The minimum absolute atomic E-state index is 0.404. The van der Waals surface area contributed by atoms with Crippen molar-refractivity contribution in [2.45, 2.75) is 0 Å². The lowest BCUT2D eigenvalue weighted by Crippen LogP contribution is -2.03. The van der Waals surface area contributed by atoms with Crippen LogP contribution in [0.2, 0.25) is 5.02 Å². The number of hydrogen-bond donors (Lipinski definition) is 3. The van der Waals surface area contributed by atoms with E-state index in [1.54, 1.807) is 13.3 Å². The molecule has 2 aromatic carbocycles. The Kier molecular flexibility index (Phi) is 4.28. The number of nitrogens with zero attached hydrogens (tertiary/aromatic N) is 3. The van der Waals surface area contributed by atoms with Gasteiger partial charge in [-0.05, 0) is 24.3 Å². The topological polar surface area (TPSA) is 87.8 Å². The minimum Gasteiger partial charge on any atom is -0.495 e. The summed E-state index contributed by atoms with van der Waals surface area (Å²) in [5.41, 5.74) is 2.11. The molecule has 0 fully saturated rings. The molecule has 26 heavy (non-hydrogen) atoms. The number of aromatic amines is 1. The molecule has 0 saturated heterocycles. The highest BCUT2D eigenvalue weighted by molar-refractivity contribution is 6.33. The third-order valence-electron chi connectivity index (χ3n) is 3.79. The van der Waals surface area contributed by atoms with Crippen LogP contribution in [0.5, 0.6) is 5.75 Å². The van der Waals surface area contributed by atoms with Gasteiger partial charge >= 0.3 is 0 Å². The van der Waals surface area contributed by atoms with E-state index in [0.717, 1.165) is 16.8 Å². The van der Waals surface area contributed by atoms with E-state index in [9.17, 15) is 0 Å². The van der Waals surface area contributed by atoms with E-state index in [1.165, 1.54) is 0 Å². The highest BCUT2D eigenvalue weighted by atomic mass is 35.5. The molecule has 0 aliphatic heterocycles. The van der Waals surface area contributed by atoms with Gasteiger partial charge in [0.05, 0.1) is 35.1 Å². The third kappa shape index (κ3) is 3.12. The van der Waals surface area contributed by atoms with E-state index in [-0.39, 0.29) is 0 Å². The van der Waals surface area contributed by atoms with Crippen molar-refractivity contribution in [2.75, 3.05) is 17.7 Å². The number of halogens is 1. The second kappa shape index (κ2) is 6.89. The number of rotatable bonds is 5. The zero-order chi connectivity index (χ0) is 17.9. The van der Waals surface area contributed by atoms with Gasteiger partial charge in [0, 0.05) is 0 Å². The summed E-state index contributed by atoms with van der Waals surface area (Å²) in [5, 5.41) is 14.7. The first-order valence-corrected chi connectivity index (χ1v) is 8.25. The van der Waals surface area contributed by atoms with Crippen LogP contribution in [0.3, 0.4) is 0 Å². The Labute approximate surface area is 154 Å². The largest absolute Gasteiger partial charge is 0.495 e. The Hall–Kier alpha value is -3.32. The fourth-order valence-electron chi connectivity index (χ4n) is 2.54. The standard InChI is InChI=1S/C18H15ClN6O/c1-26-15-9-5-4-8-14(15)22-18-23-16(11-10-20-25-17(11)24-18)21-13-7-3-2-6-12(13)19/h2-10H,1H3,(H3,20,21,22,23,24,25). The molecule has 4 rings (SSSR count). The number of ether oxygens (including phenoxy) is 1. The van der Waals surface area contributed by atoms with Crippen LogP contribution in [0, 0.1) is 0 Å². The molecule has 2 heterocycles. The van der Waals surface area contributed by atoms with Crippen LogP contribution in [-0.2, 0) is 0 Å². The number of nitrogens with one attached hydrogen (secondary N) is 3. The summed E-state index contributed by atoms with van der Waals surface area (Å²) in [4.78, 5) is 9.03. The molecule has 0 aliphatic rings. The fourth-order valence-corrected chi connectivity index (χ4v) is 2.73. The Morgan fingerprint density at radius 2 is 1.73 bits per heavy atom. The molecular formula is C18H15ClN6O. The van der Waals surface area contributed by atoms with Crippen molar-refractivity contribution in [1.82, 2.24) is 20.2 Å². The number of methoxy groups -OCH3 is 1. The summed E-state index contributed by atoms with van der Waals surface area (Å²) in [6, 6.07) is 15.0. The molecular weight excluding hydrogens is 352 g/mol. The number of para-hydroxylation sites is 3. The van der Waals surface area contributed by atoms with Crippen molar-refractivity contribution in [2.24, 2.45) is 0 Å². The van der Waals surface area contributed by atoms with Crippen LogP contribution in [-0.4, -0.2) is 27.3 Å². The Bertz CT molecular complexity index is 1060. The zero-order valence-electron chi connectivity index (χ0n) is 13.8. The molecule has 0 spiro atoms. The first-order valence-electron chi connectivity index (χ1n) is 7.87. The van der Waals surface area contributed by atoms with E-state index >= 15 is 0 Å². The van der Waals surface area contributed by atoms with Gasteiger partial charge in [-0.3, -0.25) is 5.10 Å². The molecule has 0 unspecified atom stereocenters. The third-order valence-corrected chi connectivity index (χ3v) is 4.12. The maximum atomic E-state index is 6.25. The van der Waals surface area contributed by atoms with Crippen molar-refractivity contribution in [3.8, 4) is 5.75 Å². The molecule has 0 aliphatic carbocycles. The van der Waals surface area contributed by atoms with Gasteiger partial charge in [-0.25, -0.2) is 0 Å². The average molecular weight is 367 g/mol. The van der Waals surface area contributed by atoms with Crippen LogP contribution >= 0.6 is 11.6 Å². The molecule has 0 bridgehead atoms. The van der Waals surface area contributed by atoms with Gasteiger partial charge in [-0.15, -0.1) is 0 Å². The first-order chi connectivity index (χ1) is 12.7. The normalized spacial score (nSPS) is 10.7. The van der Waals surface area contributed by atoms with Gasteiger partial charge in [0.25, 0.3) is 0 Å². The molecule has 4 aromatic rings. The highest BCUT2D eigenvalue weighted by Gasteiger charge is 2.12. The lowest BCUT2D eigenvalue weighted by atomic mass is 10.3. The van der Waals surface area contributed by atoms with E-state index < -0.39 is 0 Å². The Balaban J connectivity index is 1.74. The zero-order valence-corrected chi connectivity index (χ0v) is 14.6. The van der Waals surface area contributed by atoms with Gasteiger partial charge in [0.2, 0.25) is 5.95 Å². The van der Waals surface area contributed by atoms with Crippen molar-refractivity contribution >= 4 is 45.8 Å². The summed E-state index contributed by atoms with van der Waals surface area (Å²) in [7, 11) is 1.61. The number of aromatic nitrogens is 4. The molecule has 0 amide bonds. The fraction of sp³-hybridized carbons (Fsp3) is 0.0556. The molecule has 0 saturated carbocycles. The van der Waals surface area contributed by atoms with E-state index in [1.807, 2.05) is 48.5 Å². The number of hydrogen-bond acceptors (Lipinski definition) is 6. The van der Waals surface area contributed by atoms with Gasteiger partial charge < -0.3 is 15.4 Å². The van der Waals surface area contributed by atoms with Gasteiger partial charge in [0.1, 0.15) is 11.6 Å². The Morgan fingerprint density at radius 3 is 2.54 bits per heavy atom. The van der Waals surface area contributed by atoms with Gasteiger partial charge in [0.15, 0.2) is 5.65 Å². The second-order valence-electron chi connectivity index (χ2n) is 5.46. The monoisotopic (exact) mass is 366 g/mol. The smallest absolute Gasteiger partial charge is 0.231 e. The molecule has 0 radical (unpaired) electrons. The summed E-state index contributed by atoms with van der Waals surface area (Å²) in [5.74, 6) is 1.69. The first kappa shape index (κ1) is 16.2. The number of anilines is 4. The van der Waals surface area contributed by atoms with Crippen molar-refractivity contribution < 1.29 is 4.74 Å². The number of benzene rings is 2. The van der Waals surface area contributed by atoms with E-state index in [4.69, 9.17) is 16.3 Å². The maximum Gasteiger partial charge on any atom is 0.231 e. The molecule has 8 heteroatoms.